The van der Waals surface area contributed by atoms with Gasteiger partial charge in [0.25, 0.3) is 5.91 Å². The van der Waals surface area contributed by atoms with Crippen LogP contribution in [0.4, 0.5) is 0 Å². The minimum absolute atomic E-state index is 0.299. The smallest absolute Gasteiger partial charge is 0.265 e. The lowest BCUT2D eigenvalue weighted by molar-refractivity contribution is 0.0953. The highest BCUT2D eigenvalue weighted by Crippen LogP contribution is 2.23. The first-order chi connectivity index (χ1) is 9.61. The Bertz CT molecular complexity index is 586. The van der Waals surface area contributed by atoms with Crippen LogP contribution in [0.2, 0.25) is 0 Å². The molecule has 0 bridgehead atoms. The normalized spacial score (nSPS) is 10.2. The van der Waals surface area contributed by atoms with E-state index in [2.05, 4.69) is 5.43 Å². The zero-order chi connectivity index (χ0) is 14.5. The minimum atomic E-state index is -0.299. The van der Waals surface area contributed by atoms with Gasteiger partial charge in [0.15, 0.2) is 0 Å². The second-order valence-electron chi connectivity index (χ2n) is 4.68. The number of rotatable bonds is 4. The Morgan fingerprint density at radius 3 is 2.25 bits per heavy atom. The molecule has 0 spiro atoms. The van der Waals surface area contributed by atoms with E-state index in [0.717, 1.165) is 22.4 Å². The third kappa shape index (κ3) is 3.16. The van der Waals surface area contributed by atoms with E-state index in [-0.39, 0.29) is 5.91 Å². The first kappa shape index (κ1) is 14.1. The zero-order valence-corrected chi connectivity index (χ0v) is 11.6. The van der Waals surface area contributed by atoms with Crippen molar-refractivity contribution in [2.45, 2.75) is 20.5 Å². The van der Waals surface area contributed by atoms with E-state index in [1.807, 2.05) is 44.2 Å². The molecule has 2 rings (SSSR count). The molecule has 0 radical (unpaired) electrons. The first-order valence-corrected chi connectivity index (χ1v) is 6.40. The fraction of sp³-hybridized carbons (Fsp3) is 0.188. The number of hydrazine groups is 1. The average Bonchev–Trinajstić information content (AvgIpc) is 2.46. The Kier molecular flexibility index (Phi) is 4.38. The summed E-state index contributed by atoms with van der Waals surface area (Å²) in [7, 11) is 0. The number of aryl methyl sites for hydroxylation is 2. The lowest BCUT2D eigenvalue weighted by Crippen LogP contribution is -2.29. The van der Waals surface area contributed by atoms with Crippen LogP contribution in [-0.2, 0) is 6.61 Å². The van der Waals surface area contributed by atoms with Gasteiger partial charge >= 0.3 is 0 Å². The van der Waals surface area contributed by atoms with Gasteiger partial charge in [-0.15, -0.1) is 0 Å². The Labute approximate surface area is 118 Å². The Hall–Kier alpha value is -2.33. The van der Waals surface area contributed by atoms with E-state index in [1.54, 1.807) is 12.1 Å². The summed E-state index contributed by atoms with van der Waals surface area (Å²) in [4.78, 5) is 11.3. The summed E-state index contributed by atoms with van der Waals surface area (Å²) in [5.74, 6) is 5.70. The monoisotopic (exact) mass is 270 g/mol. The van der Waals surface area contributed by atoms with Crippen molar-refractivity contribution in [2.75, 3.05) is 0 Å². The van der Waals surface area contributed by atoms with E-state index in [1.165, 1.54) is 0 Å². The fourth-order valence-corrected chi connectivity index (χ4v) is 2.02. The van der Waals surface area contributed by atoms with Gasteiger partial charge in [-0.3, -0.25) is 10.2 Å². The lowest BCUT2D eigenvalue weighted by atomic mass is 10.1. The molecule has 0 aliphatic carbocycles. The molecule has 0 aliphatic rings. The topological polar surface area (TPSA) is 64.3 Å². The van der Waals surface area contributed by atoms with E-state index in [9.17, 15) is 4.79 Å². The molecule has 2 aromatic rings. The molecule has 0 unspecified atom stereocenters. The number of ether oxygens (including phenoxy) is 1. The van der Waals surface area contributed by atoms with Gasteiger partial charge in [-0.2, -0.15) is 0 Å². The summed E-state index contributed by atoms with van der Waals surface area (Å²) in [5, 5.41) is 0. The summed E-state index contributed by atoms with van der Waals surface area (Å²) in [5.41, 5.74) is 5.87. The maximum Gasteiger partial charge on any atom is 0.265 e. The van der Waals surface area contributed by atoms with Gasteiger partial charge in [-0.05, 0) is 42.7 Å². The van der Waals surface area contributed by atoms with Crippen LogP contribution in [0.3, 0.4) is 0 Å². The van der Waals surface area contributed by atoms with Crippen LogP contribution in [-0.4, -0.2) is 5.91 Å². The van der Waals surface area contributed by atoms with Crippen molar-refractivity contribution in [3.8, 4) is 5.75 Å². The number of carbonyl (C=O) groups is 1. The fourth-order valence-electron chi connectivity index (χ4n) is 2.02. The molecule has 0 saturated carbocycles. The average molecular weight is 270 g/mol. The summed E-state index contributed by atoms with van der Waals surface area (Å²) in [6, 6.07) is 13.2. The molecular formula is C16H18N2O2. The Balaban J connectivity index is 2.06. The number of amides is 1. The molecule has 104 valence electrons. The van der Waals surface area contributed by atoms with Crippen LogP contribution >= 0.6 is 0 Å². The molecule has 0 atom stereocenters. The van der Waals surface area contributed by atoms with Crippen LogP contribution in [0.25, 0.3) is 0 Å². The highest BCUT2D eigenvalue weighted by Gasteiger charge is 2.05. The molecule has 1 amide bonds. The molecule has 2 aromatic carbocycles. The van der Waals surface area contributed by atoms with Gasteiger partial charge in [0, 0.05) is 5.56 Å². The lowest BCUT2D eigenvalue weighted by Gasteiger charge is -2.12. The van der Waals surface area contributed by atoms with Gasteiger partial charge < -0.3 is 4.74 Å². The standard InChI is InChI=1S/C16H18N2O2/c1-11-4-3-5-12(2)15(11)20-10-13-6-8-14(9-7-13)16(19)18-17/h3-9H,10,17H2,1-2H3,(H,18,19). The second-order valence-corrected chi connectivity index (χ2v) is 4.68. The van der Waals surface area contributed by atoms with Crippen molar-refractivity contribution in [2.24, 2.45) is 5.84 Å². The van der Waals surface area contributed by atoms with Crippen LogP contribution < -0.4 is 16.0 Å². The van der Waals surface area contributed by atoms with Crippen molar-refractivity contribution in [1.82, 2.24) is 5.43 Å². The van der Waals surface area contributed by atoms with Gasteiger partial charge in [0.1, 0.15) is 12.4 Å². The predicted molar refractivity (Wildman–Crippen MR) is 78.3 cm³/mol. The number of nitrogens with two attached hydrogens (primary N) is 1. The third-order valence-corrected chi connectivity index (χ3v) is 3.14. The van der Waals surface area contributed by atoms with E-state index >= 15 is 0 Å². The van der Waals surface area contributed by atoms with Gasteiger partial charge in [-0.1, -0.05) is 30.3 Å². The summed E-state index contributed by atoms with van der Waals surface area (Å²) in [6.07, 6.45) is 0. The third-order valence-electron chi connectivity index (χ3n) is 3.14. The molecule has 0 heterocycles. The van der Waals surface area contributed by atoms with Gasteiger partial charge in [0.05, 0.1) is 0 Å². The van der Waals surface area contributed by atoms with E-state index in [4.69, 9.17) is 10.6 Å². The van der Waals surface area contributed by atoms with Crippen molar-refractivity contribution >= 4 is 5.91 Å². The maximum atomic E-state index is 11.3. The molecule has 0 aliphatic heterocycles. The molecule has 0 fully saturated rings. The largest absolute Gasteiger partial charge is 0.488 e. The first-order valence-electron chi connectivity index (χ1n) is 6.40. The quantitative estimate of drug-likeness (QED) is 0.509. The molecule has 0 saturated heterocycles. The maximum absolute atomic E-state index is 11.3. The molecule has 0 aromatic heterocycles. The summed E-state index contributed by atoms with van der Waals surface area (Å²) >= 11 is 0. The van der Waals surface area contributed by atoms with E-state index < -0.39 is 0 Å². The molecular weight excluding hydrogens is 252 g/mol. The number of benzene rings is 2. The molecule has 4 nitrogen and oxygen atoms in total. The highest BCUT2D eigenvalue weighted by molar-refractivity contribution is 5.93. The second kappa shape index (κ2) is 6.21. The number of hydrogen-bond acceptors (Lipinski definition) is 3. The van der Waals surface area contributed by atoms with Gasteiger partial charge in [-0.25, -0.2) is 5.84 Å². The number of nitrogens with one attached hydrogen (secondary N) is 1. The van der Waals surface area contributed by atoms with E-state index in [0.29, 0.717) is 12.2 Å². The zero-order valence-electron chi connectivity index (χ0n) is 11.6. The Morgan fingerprint density at radius 1 is 1.10 bits per heavy atom. The highest BCUT2D eigenvalue weighted by atomic mass is 16.5. The predicted octanol–water partition coefficient (Wildman–Crippen LogP) is 2.49. The van der Waals surface area contributed by atoms with Crippen LogP contribution in [0.1, 0.15) is 27.0 Å². The van der Waals surface area contributed by atoms with Crippen LogP contribution in [0.5, 0.6) is 5.75 Å². The van der Waals surface area contributed by atoms with Crippen molar-refractivity contribution in [3.63, 3.8) is 0 Å². The number of para-hydroxylation sites is 1. The Morgan fingerprint density at radius 2 is 1.70 bits per heavy atom. The van der Waals surface area contributed by atoms with Gasteiger partial charge in [0.2, 0.25) is 0 Å². The number of hydrogen-bond donors (Lipinski definition) is 2. The van der Waals surface area contributed by atoms with Crippen LogP contribution in [0, 0.1) is 13.8 Å². The van der Waals surface area contributed by atoms with Crippen molar-refractivity contribution in [3.05, 3.63) is 64.7 Å². The SMILES string of the molecule is Cc1cccc(C)c1OCc1ccc(C(=O)NN)cc1. The minimum Gasteiger partial charge on any atom is -0.488 e. The van der Waals surface area contributed by atoms with Crippen molar-refractivity contribution < 1.29 is 9.53 Å². The molecule has 3 N–H and O–H groups in total. The summed E-state index contributed by atoms with van der Waals surface area (Å²) < 4.78 is 5.86. The summed E-state index contributed by atoms with van der Waals surface area (Å²) in [6.45, 7) is 4.52. The number of nitrogen functional groups attached to an aromatic ring is 1. The van der Waals surface area contributed by atoms with Crippen molar-refractivity contribution in [1.29, 1.82) is 0 Å². The molecule has 20 heavy (non-hydrogen) atoms. The van der Waals surface area contributed by atoms with Crippen LogP contribution in [0.15, 0.2) is 42.5 Å². The molecule has 4 heteroatoms. The number of carbonyl (C=O) groups excluding carboxylic acids is 1.